The molecule has 0 N–H and O–H groups in total. The first-order chi connectivity index (χ1) is 26.6. The van der Waals surface area contributed by atoms with Crippen molar-refractivity contribution in [3.05, 3.63) is 199 Å². The summed E-state index contributed by atoms with van der Waals surface area (Å²) in [6.45, 7) is 13.7. The van der Waals surface area contributed by atoms with Gasteiger partial charge in [-0.15, -0.1) is 0 Å². The molecule has 270 valence electrons. The van der Waals surface area contributed by atoms with E-state index in [0.717, 1.165) is 17.1 Å². The van der Waals surface area contributed by atoms with Gasteiger partial charge in [-0.1, -0.05) is 211 Å². The van der Waals surface area contributed by atoms with Crippen LogP contribution < -0.4 is 4.90 Å². The van der Waals surface area contributed by atoms with Crippen LogP contribution in [-0.2, 0) is 10.8 Å². The van der Waals surface area contributed by atoms with Gasteiger partial charge < -0.3 is 4.90 Å². The van der Waals surface area contributed by atoms with Gasteiger partial charge in [-0.2, -0.15) is 0 Å². The standard InChI is InChI=1S/C54H49N/c1-53(2,3)42-33-31-40(32-34-42)44-25-13-15-29-49(44)55(51-37-43(54(4,5)6)35-36-45(51)38-19-9-7-10-20-38)50-30-16-14-26-47(50)48-28-18-24-41-23-17-27-46(52(41)48)39-21-11-8-12-22-39/h7-37H,1-6H3. The van der Waals surface area contributed by atoms with Gasteiger partial charge in [0.15, 0.2) is 0 Å². The van der Waals surface area contributed by atoms with E-state index in [0.29, 0.717) is 0 Å². The first-order valence-corrected chi connectivity index (χ1v) is 19.4. The predicted molar refractivity (Wildman–Crippen MR) is 238 cm³/mol. The van der Waals surface area contributed by atoms with Crippen molar-refractivity contribution in [2.75, 3.05) is 4.90 Å². The van der Waals surface area contributed by atoms with Crippen LogP contribution in [0.15, 0.2) is 188 Å². The molecular formula is C54H49N. The first kappa shape index (κ1) is 35.8. The molecular weight excluding hydrogens is 663 g/mol. The molecule has 8 aromatic rings. The molecule has 0 atom stereocenters. The van der Waals surface area contributed by atoms with Gasteiger partial charge in [0.25, 0.3) is 0 Å². The Balaban J connectivity index is 1.46. The van der Waals surface area contributed by atoms with E-state index >= 15 is 0 Å². The van der Waals surface area contributed by atoms with Crippen LogP contribution in [-0.4, -0.2) is 0 Å². The van der Waals surface area contributed by atoms with E-state index in [4.69, 9.17) is 0 Å². The second-order valence-corrected chi connectivity index (χ2v) is 16.6. The number of fused-ring (bicyclic) bond motifs is 1. The molecule has 1 heteroatoms. The summed E-state index contributed by atoms with van der Waals surface area (Å²) in [4.78, 5) is 2.53. The van der Waals surface area contributed by atoms with Crippen LogP contribution >= 0.6 is 0 Å². The van der Waals surface area contributed by atoms with Crippen LogP contribution in [0.3, 0.4) is 0 Å². The van der Waals surface area contributed by atoms with Crippen LogP contribution in [0, 0.1) is 0 Å². The molecule has 8 aromatic carbocycles. The summed E-state index contributed by atoms with van der Waals surface area (Å²) in [7, 11) is 0. The molecule has 0 amide bonds. The van der Waals surface area contributed by atoms with Crippen LogP contribution in [0.25, 0.3) is 55.3 Å². The zero-order valence-electron chi connectivity index (χ0n) is 32.8. The summed E-state index contributed by atoms with van der Waals surface area (Å²) in [5.41, 5.74) is 15.6. The largest absolute Gasteiger partial charge is 0.309 e. The van der Waals surface area contributed by atoms with E-state index < -0.39 is 0 Å². The Hall–Kier alpha value is -6.18. The number of rotatable bonds is 7. The summed E-state index contributed by atoms with van der Waals surface area (Å²) in [5, 5.41) is 2.47. The summed E-state index contributed by atoms with van der Waals surface area (Å²) in [6.07, 6.45) is 0. The van der Waals surface area contributed by atoms with E-state index in [-0.39, 0.29) is 10.8 Å². The minimum absolute atomic E-state index is 0.0579. The number of nitrogens with zero attached hydrogens (tertiary/aromatic N) is 1. The van der Waals surface area contributed by atoms with Crippen molar-refractivity contribution >= 4 is 27.8 Å². The Bertz CT molecular complexity index is 2580. The Morgan fingerprint density at radius 2 is 0.745 bits per heavy atom. The van der Waals surface area contributed by atoms with Crippen molar-refractivity contribution in [1.29, 1.82) is 0 Å². The van der Waals surface area contributed by atoms with Gasteiger partial charge in [0.2, 0.25) is 0 Å². The second-order valence-electron chi connectivity index (χ2n) is 16.6. The van der Waals surface area contributed by atoms with Crippen molar-refractivity contribution in [1.82, 2.24) is 0 Å². The Kier molecular flexibility index (Phi) is 9.49. The van der Waals surface area contributed by atoms with Gasteiger partial charge in [-0.3, -0.25) is 0 Å². The fourth-order valence-electron chi connectivity index (χ4n) is 7.82. The molecule has 0 saturated carbocycles. The molecule has 0 spiro atoms. The number of para-hydroxylation sites is 2. The van der Waals surface area contributed by atoms with Crippen molar-refractivity contribution in [3.63, 3.8) is 0 Å². The Labute approximate surface area is 327 Å². The average Bonchev–Trinajstić information content (AvgIpc) is 3.21. The summed E-state index contributed by atoms with van der Waals surface area (Å²) in [6, 6.07) is 69.2. The lowest BCUT2D eigenvalue weighted by Gasteiger charge is -2.33. The molecule has 0 aromatic heterocycles. The van der Waals surface area contributed by atoms with Gasteiger partial charge in [-0.05, 0) is 78.7 Å². The average molecular weight is 712 g/mol. The zero-order chi connectivity index (χ0) is 38.2. The zero-order valence-corrected chi connectivity index (χ0v) is 32.8. The molecule has 0 saturated heterocycles. The van der Waals surface area contributed by atoms with Crippen molar-refractivity contribution in [2.45, 2.75) is 52.4 Å². The topological polar surface area (TPSA) is 3.24 Å². The Morgan fingerprint density at radius 3 is 1.35 bits per heavy atom. The monoisotopic (exact) mass is 711 g/mol. The second kappa shape index (κ2) is 14.6. The maximum Gasteiger partial charge on any atom is 0.0543 e. The fourth-order valence-corrected chi connectivity index (χ4v) is 7.82. The third-order valence-electron chi connectivity index (χ3n) is 10.8. The third-order valence-corrected chi connectivity index (χ3v) is 10.8. The van der Waals surface area contributed by atoms with Gasteiger partial charge >= 0.3 is 0 Å². The first-order valence-electron chi connectivity index (χ1n) is 19.4. The molecule has 0 aliphatic rings. The molecule has 0 heterocycles. The summed E-state index contributed by atoms with van der Waals surface area (Å²) >= 11 is 0. The highest BCUT2D eigenvalue weighted by molar-refractivity contribution is 6.09. The third kappa shape index (κ3) is 7.11. The quantitative estimate of drug-likeness (QED) is 0.159. The minimum Gasteiger partial charge on any atom is -0.309 e. The smallest absolute Gasteiger partial charge is 0.0543 e. The van der Waals surface area contributed by atoms with Crippen LogP contribution in [0.1, 0.15) is 52.7 Å². The predicted octanol–water partition coefficient (Wildman–Crippen LogP) is 15.6. The van der Waals surface area contributed by atoms with Crippen molar-refractivity contribution in [3.8, 4) is 44.5 Å². The van der Waals surface area contributed by atoms with E-state index in [2.05, 4.69) is 234 Å². The molecule has 0 fully saturated rings. The fraction of sp³-hybridized carbons (Fsp3) is 0.148. The van der Waals surface area contributed by atoms with E-state index in [1.807, 2.05) is 0 Å². The van der Waals surface area contributed by atoms with E-state index in [1.165, 1.54) is 66.4 Å². The molecule has 0 aliphatic heterocycles. The summed E-state index contributed by atoms with van der Waals surface area (Å²) in [5.74, 6) is 0. The highest BCUT2D eigenvalue weighted by Gasteiger charge is 2.26. The maximum absolute atomic E-state index is 2.53. The van der Waals surface area contributed by atoms with Gasteiger partial charge in [0, 0.05) is 16.7 Å². The number of anilines is 3. The maximum atomic E-state index is 2.53. The Morgan fingerprint density at radius 1 is 0.309 bits per heavy atom. The van der Waals surface area contributed by atoms with Crippen LogP contribution in [0.4, 0.5) is 17.1 Å². The molecule has 1 nitrogen and oxygen atoms in total. The summed E-state index contributed by atoms with van der Waals surface area (Å²) < 4.78 is 0. The molecule has 0 aliphatic carbocycles. The van der Waals surface area contributed by atoms with E-state index in [9.17, 15) is 0 Å². The highest BCUT2D eigenvalue weighted by atomic mass is 15.1. The molecule has 0 bridgehead atoms. The van der Waals surface area contributed by atoms with Gasteiger partial charge in [0.1, 0.15) is 0 Å². The van der Waals surface area contributed by atoms with Gasteiger partial charge in [0.05, 0.1) is 17.1 Å². The number of benzene rings is 8. The lowest BCUT2D eigenvalue weighted by Crippen LogP contribution is -2.17. The van der Waals surface area contributed by atoms with Gasteiger partial charge in [-0.25, -0.2) is 0 Å². The van der Waals surface area contributed by atoms with Crippen molar-refractivity contribution in [2.24, 2.45) is 0 Å². The van der Waals surface area contributed by atoms with Crippen LogP contribution in [0.5, 0.6) is 0 Å². The normalized spacial score (nSPS) is 11.8. The number of hydrogen-bond acceptors (Lipinski definition) is 1. The number of hydrogen-bond donors (Lipinski definition) is 0. The lowest BCUT2D eigenvalue weighted by atomic mass is 9.84. The van der Waals surface area contributed by atoms with Crippen LogP contribution in [0.2, 0.25) is 0 Å². The van der Waals surface area contributed by atoms with Crippen molar-refractivity contribution < 1.29 is 0 Å². The molecule has 55 heavy (non-hydrogen) atoms. The molecule has 8 rings (SSSR count). The molecule has 0 unspecified atom stereocenters. The minimum atomic E-state index is -0.0579. The SMILES string of the molecule is CC(C)(C)c1ccc(-c2ccccc2N(c2cc(C(C)(C)C)ccc2-c2ccccc2)c2ccccc2-c2cccc3cccc(-c4ccccc4)c23)cc1. The van der Waals surface area contributed by atoms with E-state index in [1.54, 1.807) is 0 Å². The lowest BCUT2D eigenvalue weighted by molar-refractivity contribution is 0.590. The highest BCUT2D eigenvalue weighted by Crippen LogP contribution is 2.50. The molecule has 0 radical (unpaired) electrons.